The molecule has 0 heterocycles. The molecular weight excluding hydrogens is 327 g/mol. The maximum absolute atomic E-state index is 11.7. The molecule has 3 N–H and O–H groups in total. The van der Waals surface area contributed by atoms with Gasteiger partial charge in [-0.25, -0.2) is 0 Å². The topological polar surface area (TPSA) is 55.1 Å². The second-order valence-electron chi connectivity index (χ2n) is 4.25. The number of nitrogens with one attached hydrogen (secondary N) is 1. The predicted octanol–water partition coefficient (Wildman–Crippen LogP) is 2.99. The van der Waals surface area contributed by atoms with Crippen LogP contribution in [0.5, 0.6) is 0 Å². The van der Waals surface area contributed by atoms with Gasteiger partial charge in [-0.1, -0.05) is 19.1 Å². The normalized spacial score (nSPS) is 12.2. The van der Waals surface area contributed by atoms with Crippen LogP contribution in [0.2, 0.25) is 0 Å². The Balaban J connectivity index is 2.37. The highest BCUT2D eigenvalue weighted by Gasteiger charge is 2.07. The molecule has 1 unspecified atom stereocenters. The van der Waals surface area contributed by atoms with Gasteiger partial charge < -0.3 is 11.1 Å². The van der Waals surface area contributed by atoms with E-state index in [9.17, 15) is 4.79 Å². The highest BCUT2D eigenvalue weighted by molar-refractivity contribution is 14.1. The summed E-state index contributed by atoms with van der Waals surface area (Å²) in [5.41, 5.74) is 6.37. The summed E-state index contributed by atoms with van der Waals surface area (Å²) in [6.45, 7) is 2.83. The first kappa shape index (κ1) is 14.4. The number of hydrogen-bond donors (Lipinski definition) is 2. The number of rotatable bonds is 6. The fraction of sp³-hybridized carbons (Fsp3) is 0.462. The minimum atomic E-state index is 0.0815. The maximum Gasteiger partial charge on any atom is 0.224 e. The van der Waals surface area contributed by atoms with Gasteiger partial charge >= 0.3 is 0 Å². The molecule has 0 radical (unpaired) electrons. The standard InChI is InChI=1S/C13H19IN2O/c1-10(8-9-15)6-7-13(17)16-12-5-3-2-4-11(12)14/h2-5,10H,6-9,15H2,1H3,(H,16,17). The monoisotopic (exact) mass is 346 g/mol. The van der Waals surface area contributed by atoms with E-state index in [2.05, 4.69) is 34.8 Å². The lowest BCUT2D eigenvalue weighted by Crippen LogP contribution is -2.14. The molecule has 0 aliphatic rings. The summed E-state index contributed by atoms with van der Waals surface area (Å²) in [6, 6.07) is 7.78. The first-order chi connectivity index (χ1) is 8.13. The Hall–Kier alpha value is -0.620. The second kappa shape index (κ2) is 7.66. The zero-order valence-corrected chi connectivity index (χ0v) is 12.2. The largest absolute Gasteiger partial charge is 0.330 e. The maximum atomic E-state index is 11.7. The molecule has 0 aromatic heterocycles. The molecule has 94 valence electrons. The van der Waals surface area contributed by atoms with Crippen molar-refractivity contribution in [2.24, 2.45) is 11.7 Å². The lowest BCUT2D eigenvalue weighted by Gasteiger charge is -2.10. The van der Waals surface area contributed by atoms with Crippen LogP contribution in [0.4, 0.5) is 5.69 Å². The average Bonchev–Trinajstić information content (AvgIpc) is 2.30. The summed E-state index contributed by atoms with van der Waals surface area (Å²) < 4.78 is 1.06. The van der Waals surface area contributed by atoms with E-state index in [1.165, 1.54) is 0 Å². The summed E-state index contributed by atoms with van der Waals surface area (Å²) in [4.78, 5) is 11.7. The van der Waals surface area contributed by atoms with E-state index in [0.717, 1.165) is 22.1 Å². The van der Waals surface area contributed by atoms with Crippen molar-refractivity contribution in [3.8, 4) is 0 Å². The van der Waals surface area contributed by atoms with Gasteiger partial charge in [-0.3, -0.25) is 4.79 Å². The van der Waals surface area contributed by atoms with Gasteiger partial charge in [-0.2, -0.15) is 0 Å². The Kier molecular flexibility index (Phi) is 6.50. The molecular formula is C13H19IN2O. The number of anilines is 1. The van der Waals surface area contributed by atoms with Crippen molar-refractivity contribution in [1.82, 2.24) is 0 Å². The zero-order chi connectivity index (χ0) is 12.7. The molecule has 0 aliphatic carbocycles. The highest BCUT2D eigenvalue weighted by Crippen LogP contribution is 2.18. The van der Waals surface area contributed by atoms with Crippen LogP contribution in [-0.4, -0.2) is 12.5 Å². The minimum absolute atomic E-state index is 0.0815. The van der Waals surface area contributed by atoms with E-state index in [0.29, 0.717) is 18.9 Å². The van der Waals surface area contributed by atoms with E-state index >= 15 is 0 Å². The number of amides is 1. The Morgan fingerprint density at radius 2 is 2.12 bits per heavy atom. The Morgan fingerprint density at radius 1 is 1.41 bits per heavy atom. The molecule has 0 saturated heterocycles. The molecule has 3 nitrogen and oxygen atoms in total. The molecule has 0 saturated carbocycles. The van der Waals surface area contributed by atoms with Crippen LogP contribution in [0.15, 0.2) is 24.3 Å². The fourth-order valence-electron chi connectivity index (χ4n) is 1.58. The number of benzene rings is 1. The summed E-state index contributed by atoms with van der Waals surface area (Å²) in [5, 5.41) is 2.93. The van der Waals surface area contributed by atoms with Crippen LogP contribution in [0.3, 0.4) is 0 Å². The van der Waals surface area contributed by atoms with Gasteiger partial charge in [0.2, 0.25) is 5.91 Å². The lowest BCUT2D eigenvalue weighted by atomic mass is 10.0. The molecule has 0 spiro atoms. The van der Waals surface area contributed by atoms with Crippen molar-refractivity contribution in [3.05, 3.63) is 27.8 Å². The van der Waals surface area contributed by atoms with Crippen molar-refractivity contribution < 1.29 is 4.79 Å². The quantitative estimate of drug-likeness (QED) is 0.778. The van der Waals surface area contributed by atoms with Gasteiger partial charge in [0, 0.05) is 9.99 Å². The van der Waals surface area contributed by atoms with Crippen LogP contribution >= 0.6 is 22.6 Å². The third kappa shape index (κ3) is 5.50. The first-order valence-corrected chi connectivity index (χ1v) is 6.95. The van der Waals surface area contributed by atoms with Crippen molar-refractivity contribution in [1.29, 1.82) is 0 Å². The molecule has 1 atom stereocenters. The van der Waals surface area contributed by atoms with Gasteiger partial charge in [0.15, 0.2) is 0 Å². The molecule has 0 bridgehead atoms. The van der Waals surface area contributed by atoms with Gasteiger partial charge in [0.05, 0.1) is 5.69 Å². The average molecular weight is 346 g/mol. The molecule has 17 heavy (non-hydrogen) atoms. The summed E-state index contributed by atoms with van der Waals surface area (Å²) in [5.74, 6) is 0.596. The Bertz CT molecular complexity index is 368. The Morgan fingerprint density at radius 3 is 2.76 bits per heavy atom. The molecule has 1 aromatic carbocycles. The molecule has 1 amide bonds. The van der Waals surface area contributed by atoms with E-state index in [4.69, 9.17) is 5.73 Å². The number of halogens is 1. The van der Waals surface area contributed by atoms with E-state index < -0.39 is 0 Å². The van der Waals surface area contributed by atoms with Crippen molar-refractivity contribution in [2.45, 2.75) is 26.2 Å². The predicted molar refractivity (Wildman–Crippen MR) is 79.9 cm³/mol. The van der Waals surface area contributed by atoms with Crippen LogP contribution in [0, 0.1) is 9.49 Å². The van der Waals surface area contributed by atoms with Crippen LogP contribution in [-0.2, 0) is 4.79 Å². The second-order valence-corrected chi connectivity index (χ2v) is 5.41. The minimum Gasteiger partial charge on any atom is -0.330 e. The molecule has 4 heteroatoms. The highest BCUT2D eigenvalue weighted by atomic mass is 127. The number of carbonyl (C=O) groups is 1. The molecule has 0 fully saturated rings. The summed E-state index contributed by atoms with van der Waals surface area (Å²) in [6.07, 6.45) is 2.44. The van der Waals surface area contributed by atoms with Crippen molar-refractivity contribution in [2.75, 3.05) is 11.9 Å². The zero-order valence-electron chi connectivity index (χ0n) is 10.1. The third-order valence-electron chi connectivity index (χ3n) is 2.67. The van der Waals surface area contributed by atoms with Gasteiger partial charge in [-0.05, 0) is 60.0 Å². The van der Waals surface area contributed by atoms with E-state index in [1.54, 1.807) is 0 Å². The van der Waals surface area contributed by atoms with Crippen molar-refractivity contribution >= 4 is 34.2 Å². The molecule has 0 aliphatic heterocycles. The van der Waals surface area contributed by atoms with Gasteiger partial charge in [0.25, 0.3) is 0 Å². The number of para-hydroxylation sites is 1. The lowest BCUT2D eigenvalue weighted by molar-refractivity contribution is -0.116. The Labute approximate surface area is 116 Å². The molecule has 1 aromatic rings. The first-order valence-electron chi connectivity index (χ1n) is 5.88. The van der Waals surface area contributed by atoms with Crippen molar-refractivity contribution in [3.63, 3.8) is 0 Å². The SMILES string of the molecule is CC(CCN)CCC(=O)Nc1ccccc1I. The van der Waals surface area contributed by atoms with Gasteiger partial charge in [-0.15, -0.1) is 0 Å². The number of hydrogen-bond acceptors (Lipinski definition) is 2. The van der Waals surface area contributed by atoms with E-state index in [-0.39, 0.29) is 5.91 Å². The summed E-state index contributed by atoms with van der Waals surface area (Å²) in [7, 11) is 0. The third-order valence-corrected chi connectivity index (χ3v) is 3.61. The van der Waals surface area contributed by atoms with Crippen LogP contribution < -0.4 is 11.1 Å². The smallest absolute Gasteiger partial charge is 0.224 e. The van der Waals surface area contributed by atoms with Crippen LogP contribution in [0.25, 0.3) is 0 Å². The summed E-state index contributed by atoms with van der Waals surface area (Å²) >= 11 is 2.22. The van der Waals surface area contributed by atoms with Crippen LogP contribution in [0.1, 0.15) is 26.2 Å². The molecule has 1 rings (SSSR count). The van der Waals surface area contributed by atoms with Gasteiger partial charge in [0.1, 0.15) is 0 Å². The fourth-order valence-corrected chi connectivity index (χ4v) is 2.10. The van der Waals surface area contributed by atoms with E-state index in [1.807, 2.05) is 24.3 Å². The number of nitrogens with two attached hydrogens (primary N) is 1. The number of carbonyl (C=O) groups excluding carboxylic acids is 1.